The predicted molar refractivity (Wildman–Crippen MR) is 74.3 cm³/mol. The molecular formula is C14H13NO2S. The van der Waals surface area contributed by atoms with Gasteiger partial charge in [-0.2, -0.15) is 0 Å². The Morgan fingerprint density at radius 2 is 2.11 bits per heavy atom. The zero-order valence-corrected chi connectivity index (χ0v) is 10.5. The number of aliphatic hydroxyl groups excluding tert-OH is 1. The number of carbonyl (C=O) groups is 1. The van der Waals surface area contributed by atoms with Crippen molar-refractivity contribution >= 4 is 29.0 Å². The maximum Gasteiger partial charge on any atom is 0.248 e. The number of rotatable bonds is 4. The molecular weight excluding hydrogens is 246 g/mol. The van der Waals surface area contributed by atoms with Crippen LogP contribution in [-0.2, 0) is 11.4 Å². The summed E-state index contributed by atoms with van der Waals surface area (Å²) in [5.74, 6) is -0.204. The van der Waals surface area contributed by atoms with E-state index in [1.807, 2.05) is 29.6 Å². The van der Waals surface area contributed by atoms with Gasteiger partial charge in [-0.25, -0.2) is 0 Å². The van der Waals surface area contributed by atoms with Crippen molar-refractivity contribution < 1.29 is 9.90 Å². The second-order valence-electron chi connectivity index (χ2n) is 3.65. The van der Waals surface area contributed by atoms with Crippen molar-refractivity contribution in [2.24, 2.45) is 0 Å². The van der Waals surface area contributed by atoms with Crippen LogP contribution < -0.4 is 5.32 Å². The van der Waals surface area contributed by atoms with Gasteiger partial charge in [-0.3, -0.25) is 4.79 Å². The largest absolute Gasteiger partial charge is 0.392 e. The topological polar surface area (TPSA) is 49.3 Å². The quantitative estimate of drug-likeness (QED) is 0.829. The second kappa shape index (κ2) is 6.14. The van der Waals surface area contributed by atoms with Gasteiger partial charge in [-0.05, 0) is 23.6 Å². The SMILES string of the molecule is O=C(C=Cc1cccs1)Nc1ccccc1CO. The van der Waals surface area contributed by atoms with Crippen molar-refractivity contribution in [3.8, 4) is 0 Å². The molecule has 1 aromatic heterocycles. The fraction of sp³-hybridized carbons (Fsp3) is 0.0714. The second-order valence-corrected chi connectivity index (χ2v) is 4.63. The number of carbonyl (C=O) groups excluding carboxylic acids is 1. The summed E-state index contributed by atoms with van der Waals surface area (Å²) in [6, 6.07) is 11.1. The Labute approximate surface area is 109 Å². The molecule has 92 valence electrons. The van der Waals surface area contributed by atoms with Gasteiger partial charge in [-0.15, -0.1) is 11.3 Å². The Morgan fingerprint density at radius 3 is 2.83 bits per heavy atom. The molecule has 4 heteroatoms. The van der Waals surface area contributed by atoms with Gasteiger partial charge in [0.2, 0.25) is 5.91 Å². The van der Waals surface area contributed by atoms with Crippen molar-refractivity contribution in [3.05, 3.63) is 58.3 Å². The molecule has 3 nitrogen and oxygen atoms in total. The van der Waals surface area contributed by atoms with E-state index >= 15 is 0 Å². The van der Waals surface area contributed by atoms with E-state index in [9.17, 15) is 4.79 Å². The van der Waals surface area contributed by atoms with E-state index in [0.717, 1.165) is 4.88 Å². The van der Waals surface area contributed by atoms with Gasteiger partial charge in [0.05, 0.1) is 6.61 Å². The summed E-state index contributed by atoms with van der Waals surface area (Å²) in [6.45, 7) is -0.0922. The van der Waals surface area contributed by atoms with Crippen LogP contribution in [0.15, 0.2) is 47.9 Å². The lowest BCUT2D eigenvalue weighted by molar-refractivity contribution is -0.111. The van der Waals surface area contributed by atoms with Crippen molar-refractivity contribution in [3.63, 3.8) is 0 Å². The molecule has 0 atom stereocenters. The number of aliphatic hydroxyl groups is 1. The lowest BCUT2D eigenvalue weighted by atomic mass is 10.2. The normalized spacial score (nSPS) is 10.7. The zero-order chi connectivity index (χ0) is 12.8. The van der Waals surface area contributed by atoms with Crippen molar-refractivity contribution in [2.45, 2.75) is 6.61 Å². The lowest BCUT2D eigenvalue weighted by Gasteiger charge is -2.06. The van der Waals surface area contributed by atoms with Gasteiger partial charge >= 0.3 is 0 Å². The summed E-state index contributed by atoms with van der Waals surface area (Å²) in [5.41, 5.74) is 1.34. The Kier molecular flexibility index (Phi) is 4.28. The van der Waals surface area contributed by atoms with Crippen LogP contribution in [0.3, 0.4) is 0 Å². The monoisotopic (exact) mass is 259 g/mol. The summed E-state index contributed by atoms with van der Waals surface area (Å²) in [7, 11) is 0. The first-order valence-corrected chi connectivity index (χ1v) is 6.39. The summed E-state index contributed by atoms with van der Waals surface area (Å²) in [5, 5.41) is 13.8. The molecule has 1 heterocycles. The molecule has 1 aromatic carbocycles. The number of nitrogens with one attached hydrogen (secondary N) is 1. The highest BCUT2D eigenvalue weighted by Gasteiger charge is 2.02. The van der Waals surface area contributed by atoms with Gasteiger partial charge in [0, 0.05) is 22.2 Å². The van der Waals surface area contributed by atoms with Crippen LogP contribution >= 0.6 is 11.3 Å². The van der Waals surface area contributed by atoms with Crippen molar-refractivity contribution in [1.82, 2.24) is 0 Å². The molecule has 0 aliphatic rings. The predicted octanol–water partition coefficient (Wildman–Crippen LogP) is 2.89. The van der Waals surface area contributed by atoms with Crippen LogP contribution in [0, 0.1) is 0 Å². The maximum atomic E-state index is 11.7. The van der Waals surface area contributed by atoms with Crippen LogP contribution in [0.2, 0.25) is 0 Å². The molecule has 0 radical (unpaired) electrons. The molecule has 2 N–H and O–H groups in total. The molecule has 18 heavy (non-hydrogen) atoms. The van der Waals surface area contributed by atoms with Crippen LogP contribution in [0.4, 0.5) is 5.69 Å². The van der Waals surface area contributed by atoms with E-state index in [1.165, 1.54) is 6.08 Å². The minimum Gasteiger partial charge on any atom is -0.392 e. The lowest BCUT2D eigenvalue weighted by Crippen LogP contribution is -2.09. The van der Waals surface area contributed by atoms with Gasteiger partial charge in [0.15, 0.2) is 0 Å². The smallest absolute Gasteiger partial charge is 0.248 e. The minimum absolute atomic E-state index is 0.0922. The van der Waals surface area contributed by atoms with Gasteiger partial charge in [0.25, 0.3) is 0 Å². The van der Waals surface area contributed by atoms with Crippen LogP contribution in [0.25, 0.3) is 6.08 Å². The molecule has 0 bridgehead atoms. The van der Waals surface area contributed by atoms with Crippen LogP contribution in [0.1, 0.15) is 10.4 Å². The Bertz CT molecular complexity index is 547. The highest BCUT2D eigenvalue weighted by atomic mass is 32.1. The fourth-order valence-electron chi connectivity index (χ4n) is 1.50. The van der Waals surface area contributed by atoms with Crippen LogP contribution in [0.5, 0.6) is 0 Å². The standard InChI is InChI=1S/C14H13NO2S/c16-10-11-4-1-2-6-13(11)15-14(17)8-7-12-5-3-9-18-12/h1-9,16H,10H2,(H,15,17). The van der Waals surface area contributed by atoms with E-state index in [4.69, 9.17) is 5.11 Å². The fourth-order valence-corrected chi connectivity index (χ4v) is 2.12. The summed E-state index contributed by atoms with van der Waals surface area (Å²) in [4.78, 5) is 12.7. The van der Waals surface area contributed by atoms with E-state index in [2.05, 4.69) is 5.32 Å². The number of hydrogen-bond donors (Lipinski definition) is 2. The zero-order valence-electron chi connectivity index (χ0n) is 9.67. The molecule has 0 saturated carbocycles. The molecule has 1 amide bonds. The van der Waals surface area contributed by atoms with Gasteiger partial charge in [-0.1, -0.05) is 24.3 Å². The van der Waals surface area contributed by atoms with E-state index < -0.39 is 0 Å². The van der Waals surface area contributed by atoms with Gasteiger partial charge < -0.3 is 10.4 Å². The molecule has 0 unspecified atom stereocenters. The molecule has 0 aliphatic carbocycles. The molecule has 0 spiro atoms. The first kappa shape index (κ1) is 12.5. The van der Waals surface area contributed by atoms with Gasteiger partial charge in [0.1, 0.15) is 0 Å². The molecule has 0 saturated heterocycles. The van der Waals surface area contributed by atoms with Crippen molar-refractivity contribution in [2.75, 3.05) is 5.32 Å². The van der Waals surface area contributed by atoms with E-state index in [1.54, 1.807) is 29.5 Å². The Morgan fingerprint density at radius 1 is 1.28 bits per heavy atom. The first-order valence-electron chi connectivity index (χ1n) is 5.51. The van der Waals surface area contributed by atoms with Crippen molar-refractivity contribution in [1.29, 1.82) is 0 Å². The maximum absolute atomic E-state index is 11.7. The number of hydrogen-bond acceptors (Lipinski definition) is 3. The molecule has 2 aromatic rings. The minimum atomic E-state index is -0.204. The highest BCUT2D eigenvalue weighted by Crippen LogP contribution is 2.15. The summed E-state index contributed by atoms with van der Waals surface area (Å²) < 4.78 is 0. The average molecular weight is 259 g/mol. The Hall–Kier alpha value is -1.91. The summed E-state index contributed by atoms with van der Waals surface area (Å²) in [6.07, 6.45) is 3.25. The molecule has 2 rings (SSSR count). The Balaban J connectivity index is 2.03. The molecule has 0 aliphatic heterocycles. The van der Waals surface area contributed by atoms with Crippen LogP contribution in [-0.4, -0.2) is 11.0 Å². The van der Waals surface area contributed by atoms with E-state index in [0.29, 0.717) is 11.3 Å². The first-order chi connectivity index (χ1) is 8.79. The third kappa shape index (κ3) is 3.29. The summed E-state index contributed by atoms with van der Waals surface area (Å²) >= 11 is 1.57. The molecule has 0 fully saturated rings. The number of benzene rings is 1. The van der Waals surface area contributed by atoms with E-state index in [-0.39, 0.29) is 12.5 Å². The average Bonchev–Trinajstić information content (AvgIpc) is 2.90. The number of thiophene rings is 1. The number of para-hydroxylation sites is 1. The third-order valence-electron chi connectivity index (χ3n) is 2.39. The number of amides is 1. The highest BCUT2D eigenvalue weighted by molar-refractivity contribution is 7.10. The number of anilines is 1. The third-order valence-corrected chi connectivity index (χ3v) is 3.23.